The van der Waals surface area contributed by atoms with Crippen molar-refractivity contribution in [2.75, 3.05) is 0 Å². The van der Waals surface area contributed by atoms with Crippen molar-refractivity contribution in [2.24, 2.45) is 7.05 Å². The first-order chi connectivity index (χ1) is 4.79. The van der Waals surface area contributed by atoms with Crippen LogP contribution in [-0.2, 0) is 13.5 Å². The molecule has 1 heterocycles. The van der Waals surface area contributed by atoms with Gasteiger partial charge in [0.05, 0.1) is 5.69 Å². The Labute approximate surface area is 58.8 Å². The summed E-state index contributed by atoms with van der Waals surface area (Å²) in [6, 6.07) is 0. The van der Waals surface area contributed by atoms with Crippen LogP contribution in [0.25, 0.3) is 0 Å². The fourth-order valence-corrected chi connectivity index (χ4v) is 0.894. The van der Waals surface area contributed by atoms with Gasteiger partial charge >= 0.3 is 0 Å². The Morgan fingerprint density at radius 2 is 2.40 bits per heavy atom. The molecule has 1 aromatic rings. The van der Waals surface area contributed by atoms with E-state index < -0.39 is 0 Å². The number of hydrogen-bond acceptors (Lipinski definition) is 3. The first kappa shape index (κ1) is 6.92. The molecule has 1 rings (SSSR count). The van der Waals surface area contributed by atoms with Crippen LogP contribution in [0.5, 0.6) is 0 Å². The van der Waals surface area contributed by atoms with Crippen molar-refractivity contribution >= 4 is 6.29 Å². The molecule has 0 saturated carbocycles. The van der Waals surface area contributed by atoms with E-state index in [9.17, 15) is 4.79 Å². The number of nitrogens with zero attached hydrogens (tertiary/aromatic N) is 3. The van der Waals surface area contributed by atoms with Crippen molar-refractivity contribution < 1.29 is 4.79 Å². The van der Waals surface area contributed by atoms with Gasteiger partial charge in [-0.3, -0.25) is 9.48 Å². The molecule has 0 bridgehead atoms. The molecule has 1 aromatic heterocycles. The molecule has 0 N–H and O–H groups in total. The molecule has 10 heavy (non-hydrogen) atoms. The van der Waals surface area contributed by atoms with Crippen LogP contribution in [0.2, 0.25) is 0 Å². The molecule has 0 aliphatic rings. The van der Waals surface area contributed by atoms with Gasteiger partial charge in [0.15, 0.2) is 6.29 Å². The fourth-order valence-electron chi connectivity index (χ4n) is 0.894. The highest BCUT2D eigenvalue weighted by Gasteiger charge is 2.05. The van der Waals surface area contributed by atoms with E-state index >= 15 is 0 Å². The highest BCUT2D eigenvalue weighted by atomic mass is 16.1. The first-order valence-electron chi connectivity index (χ1n) is 3.13. The van der Waals surface area contributed by atoms with Crippen LogP contribution in [-0.4, -0.2) is 21.3 Å². The average Bonchev–Trinajstić information content (AvgIpc) is 2.30. The molecule has 0 aromatic carbocycles. The zero-order valence-corrected chi connectivity index (χ0v) is 6.03. The third-order valence-electron chi connectivity index (χ3n) is 1.42. The van der Waals surface area contributed by atoms with E-state index in [4.69, 9.17) is 0 Å². The fraction of sp³-hybridized carbons (Fsp3) is 0.500. The van der Waals surface area contributed by atoms with Crippen molar-refractivity contribution in [2.45, 2.75) is 13.3 Å². The maximum Gasteiger partial charge on any atom is 0.172 e. The summed E-state index contributed by atoms with van der Waals surface area (Å²) >= 11 is 0. The number of aryl methyl sites for hydroxylation is 1. The van der Waals surface area contributed by atoms with Gasteiger partial charge in [0.25, 0.3) is 0 Å². The monoisotopic (exact) mass is 139 g/mol. The minimum atomic E-state index is 0.449. The van der Waals surface area contributed by atoms with E-state index in [2.05, 4.69) is 10.3 Å². The Morgan fingerprint density at radius 1 is 1.70 bits per heavy atom. The predicted octanol–water partition coefficient (Wildman–Crippen LogP) is 0.190. The normalized spacial score (nSPS) is 9.80. The number of aldehydes is 1. The summed E-state index contributed by atoms with van der Waals surface area (Å²) in [7, 11) is 1.78. The highest BCUT2D eigenvalue weighted by molar-refractivity contribution is 5.73. The molecule has 0 amide bonds. The number of carbonyl (C=O) groups excluding carboxylic acids is 1. The molecule has 0 aliphatic heterocycles. The third-order valence-corrected chi connectivity index (χ3v) is 1.42. The van der Waals surface area contributed by atoms with Crippen molar-refractivity contribution in [1.82, 2.24) is 15.0 Å². The second-order valence-corrected chi connectivity index (χ2v) is 2.02. The summed E-state index contributed by atoms with van der Waals surface area (Å²) in [5.41, 5.74) is 1.33. The summed E-state index contributed by atoms with van der Waals surface area (Å²) < 4.78 is 1.61. The Kier molecular flexibility index (Phi) is 1.80. The van der Waals surface area contributed by atoms with Gasteiger partial charge in [-0.1, -0.05) is 12.1 Å². The lowest BCUT2D eigenvalue weighted by atomic mass is 10.3. The third kappa shape index (κ3) is 0.920. The summed E-state index contributed by atoms with van der Waals surface area (Å²) in [4.78, 5) is 10.3. The van der Waals surface area contributed by atoms with Gasteiger partial charge in [0.1, 0.15) is 5.69 Å². The van der Waals surface area contributed by atoms with Gasteiger partial charge in [0, 0.05) is 7.05 Å². The second kappa shape index (κ2) is 2.60. The maximum absolute atomic E-state index is 10.3. The lowest BCUT2D eigenvalue weighted by molar-refractivity contribution is 0.111. The number of rotatable bonds is 2. The van der Waals surface area contributed by atoms with Gasteiger partial charge in [-0.2, -0.15) is 0 Å². The topological polar surface area (TPSA) is 47.8 Å². The largest absolute Gasteiger partial charge is 0.296 e. The molecule has 0 aliphatic carbocycles. The molecule has 4 heteroatoms. The maximum atomic E-state index is 10.3. The van der Waals surface area contributed by atoms with Gasteiger partial charge < -0.3 is 0 Å². The highest BCUT2D eigenvalue weighted by Crippen LogP contribution is 2.00. The summed E-state index contributed by atoms with van der Waals surface area (Å²) in [5, 5.41) is 7.34. The van der Waals surface area contributed by atoms with E-state index in [0.717, 1.165) is 18.4 Å². The Morgan fingerprint density at radius 3 is 2.80 bits per heavy atom. The second-order valence-electron chi connectivity index (χ2n) is 2.02. The predicted molar refractivity (Wildman–Crippen MR) is 35.8 cm³/mol. The van der Waals surface area contributed by atoms with Crippen LogP contribution in [0, 0.1) is 0 Å². The van der Waals surface area contributed by atoms with Crippen molar-refractivity contribution in [3.8, 4) is 0 Å². The van der Waals surface area contributed by atoms with Crippen LogP contribution in [0.4, 0.5) is 0 Å². The van der Waals surface area contributed by atoms with E-state index in [0.29, 0.717) is 5.69 Å². The van der Waals surface area contributed by atoms with Crippen LogP contribution in [0.15, 0.2) is 0 Å². The van der Waals surface area contributed by atoms with Crippen molar-refractivity contribution in [3.63, 3.8) is 0 Å². The molecule has 0 unspecified atom stereocenters. The van der Waals surface area contributed by atoms with Crippen molar-refractivity contribution in [3.05, 3.63) is 11.4 Å². The van der Waals surface area contributed by atoms with Gasteiger partial charge in [-0.15, -0.1) is 5.10 Å². The van der Waals surface area contributed by atoms with Crippen LogP contribution in [0.3, 0.4) is 0 Å². The summed E-state index contributed by atoms with van der Waals surface area (Å²) in [6.45, 7) is 1.96. The molecule has 0 saturated heterocycles. The van der Waals surface area contributed by atoms with E-state index in [1.54, 1.807) is 11.7 Å². The van der Waals surface area contributed by atoms with E-state index in [-0.39, 0.29) is 0 Å². The van der Waals surface area contributed by atoms with Crippen molar-refractivity contribution in [1.29, 1.82) is 0 Å². The number of carbonyl (C=O) groups is 1. The Hall–Kier alpha value is -1.19. The Bertz CT molecular complexity index is 241. The van der Waals surface area contributed by atoms with Crippen LogP contribution < -0.4 is 0 Å². The standard InChI is InChI=1S/C6H9N3O/c1-3-6-5(4-10)7-8-9(6)2/h4H,3H2,1-2H3. The molecule has 4 nitrogen and oxygen atoms in total. The van der Waals surface area contributed by atoms with Gasteiger partial charge in [0.2, 0.25) is 0 Å². The quantitative estimate of drug-likeness (QED) is 0.549. The minimum Gasteiger partial charge on any atom is -0.296 e. The zero-order chi connectivity index (χ0) is 7.56. The lowest BCUT2D eigenvalue weighted by Crippen LogP contribution is -1.97. The lowest BCUT2D eigenvalue weighted by Gasteiger charge is -1.93. The molecule has 0 spiro atoms. The Balaban J connectivity index is 3.12. The van der Waals surface area contributed by atoms with Crippen LogP contribution >= 0.6 is 0 Å². The molecule has 0 atom stereocenters. The smallest absolute Gasteiger partial charge is 0.172 e. The number of aromatic nitrogens is 3. The SMILES string of the molecule is CCc1c(C=O)nnn1C. The summed E-state index contributed by atoms with van der Waals surface area (Å²) in [5.74, 6) is 0. The first-order valence-corrected chi connectivity index (χ1v) is 3.13. The molecule has 0 fully saturated rings. The molecular weight excluding hydrogens is 130 g/mol. The van der Waals surface area contributed by atoms with Crippen LogP contribution in [0.1, 0.15) is 23.1 Å². The van der Waals surface area contributed by atoms with Gasteiger partial charge in [-0.05, 0) is 6.42 Å². The zero-order valence-electron chi connectivity index (χ0n) is 6.03. The van der Waals surface area contributed by atoms with Gasteiger partial charge in [-0.25, -0.2) is 0 Å². The number of hydrogen-bond donors (Lipinski definition) is 0. The molecule has 0 radical (unpaired) electrons. The molecular formula is C6H9N3O. The summed E-state index contributed by atoms with van der Waals surface area (Å²) in [6.07, 6.45) is 1.52. The molecule has 54 valence electrons. The van der Waals surface area contributed by atoms with E-state index in [1.807, 2.05) is 6.92 Å². The minimum absolute atomic E-state index is 0.449. The average molecular weight is 139 g/mol. The van der Waals surface area contributed by atoms with E-state index in [1.165, 1.54) is 0 Å².